The zero-order chi connectivity index (χ0) is 21.7. The van der Waals surface area contributed by atoms with E-state index in [1.807, 2.05) is 0 Å². The maximum Gasteiger partial charge on any atom is 0.264 e. The van der Waals surface area contributed by atoms with Gasteiger partial charge in [-0.3, -0.25) is 9.10 Å². The van der Waals surface area contributed by atoms with E-state index in [4.69, 9.17) is 11.6 Å². The number of carbonyl (C=O) groups is 1. The summed E-state index contributed by atoms with van der Waals surface area (Å²) < 4.78 is 27.9. The van der Waals surface area contributed by atoms with Crippen molar-refractivity contribution in [1.29, 1.82) is 0 Å². The second-order valence-corrected chi connectivity index (χ2v) is 9.62. The number of rotatable bonds is 7. The molecule has 1 saturated heterocycles. The molecule has 0 aromatic heterocycles. The molecule has 1 N–H and O–H groups in total. The Hall–Kier alpha value is -2.35. The van der Waals surface area contributed by atoms with Gasteiger partial charge in [0.25, 0.3) is 15.9 Å². The first kappa shape index (κ1) is 22.3. The predicted molar refractivity (Wildman–Crippen MR) is 121 cm³/mol. The number of benzene rings is 2. The van der Waals surface area contributed by atoms with Crippen molar-refractivity contribution in [3.8, 4) is 0 Å². The van der Waals surface area contributed by atoms with Crippen molar-refractivity contribution in [3.63, 3.8) is 0 Å². The van der Waals surface area contributed by atoms with Gasteiger partial charge in [0, 0.05) is 11.6 Å². The van der Waals surface area contributed by atoms with Crippen molar-refractivity contribution in [1.82, 2.24) is 10.2 Å². The second-order valence-electron chi connectivity index (χ2n) is 7.36. The summed E-state index contributed by atoms with van der Waals surface area (Å²) in [7, 11) is -1.89. The SMILES string of the molecule is C=CCN(c1ccccc1Cl)S(=O)(=O)c1cccc(C(=O)NC2CCN(C)CC2)c1. The quantitative estimate of drug-likeness (QED) is 0.659. The number of carbonyl (C=O) groups excluding carboxylic acids is 1. The molecule has 1 heterocycles. The lowest BCUT2D eigenvalue weighted by molar-refractivity contribution is 0.0916. The molecule has 1 aliphatic heterocycles. The molecule has 0 spiro atoms. The van der Waals surface area contributed by atoms with E-state index in [9.17, 15) is 13.2 Å². The molecule has 0 unspecified atom stereocenters. The first-order valence-corrected chi connectivity index (χ1v) is 11.6. The fraction of sp³-hybridized carbons (Fsp3) is 0.318. The molecule has 1 amide bonds. The fourth-order valence-corrected chi connectivity index (χ4v) is 5.23. The standard InChI is InChI=1S/C22H26ClN3O3S/c1-3-13-26(21-10-5-4-9-20(21)23)30(28,29)19-8-6-7-17(16-19)22(27)24-18-11-14-25(2)15-12-18/h3-10,16,18H,1,11-15H2,2H3,(H,24,27). The number of hydrogen-bond donors (Lipinski definition) is 1. The maximum atomic E-state index is 13.4. The lowest BCUT2D eigenvalue weighted by atomic mass is 10.0. The van der Waals surface area contributed by atoms with E-state index in [1.165, 1.54) is 22.5 Å². The molecule has 160 valence electrons. The zero-order valence-corrected chi connectivity index (χ0v) is 18.5. The molecule has 0 aliphatic carbocycles. The van der Waals surface area contributed by atoms with E-state index >= 15 is 0 Å². The summed E-state index contributed by atoms with van der Waals surface area (Å²) in [6.07, 6.45) is 3.25. The van der Waals surface area contributed by atoms with Crippen molar-refractivity contribution in [2.24, 2.45) is 0 Å². The minimum Gasteiger partial charge on any atom is -0.349 e. The number of para-hydroxylation sites is 1. The number of anilines is 1. The molecule has 30 heavy (non-hydrogen) atoms. The Kier molecular flexibility index (Phi) is 7.18. The highest BCUT2D eigenvalue weighted by atomic mass is 35.5. The summed E-state index contributed by atoms with van der Waals surface area (Å²) in [6, 6.07) is 12.9. The average molecular weight is 448 g/mol. The molecule has 0 atom stereocenters. The van der Waals surface area contributed by atoms with Gasteiger partial charge in [-0.25, -0.2) is 8.42 Å². The van der Waals surface area contributed by atoms with E-state index in [-0.39, 0.29) is 23.4 Å². The van der Waals surface area contributed by atoms with Crippen LogP contribution in [0.3, 0.4) is 0 Å². The van der Waals surface area contributed by atoms with Crippen LogP contribution in [0, 0.1) is 0 Å². The molecule has 3 rings (SSSR count). The van der Waals surface area contributed by atoms with Gasteiger partial charge in [-0.2, -0.15) is 0 Å². The van der Waals surface area contributed by atoms with E-state index in [2.05, 4.69) is 23.8 Å². The molecule has 8 heteroatoms. The van der Waals surface area contributed by atoms with Crippen molar-refractivity contribution < 1.29 is 13.2 Å². The zero-order valence-electron chi connectivity index (χ0n) is 16.9. The molecule has 0 radical (unpaired) electrons. The van der Waals surface area contributed by atoms with Crippen molar-refractivity contribution in [2.75, 3.05) is 31.0 Å². The largest absolute Gasteiger partial charge is 0.349 e. The number of sulfonamides is 1. The number of likely N-dealkylation sites (tertiary alicyclic amines) is 1. The van der Waals surface area contributed by atoms with Crippen LogP contribution in [0.15, 0.2) is 66.1 Å². The minimum atomic E-state index is -3.94. The van der Waals surface area contributed by atoms with Crippen LogP contribution >= 0.6 is 11.6 Å². The normalized spacial score (nSPS) is 15.5. The smallest absolute Gasteiger partial charge is 0.264 e. The average Bonchev–Trinajstić information content (AvgIpc) is 2.74. The van der Waals surface area contributed by atoms with Gasteiger partial charge in [0.05, 0.1) is 22.2 Å². The lowest BCUT2D eigenvalue weighted by Crippen LogP contribution is -2.43. The minimum absolute atomic E-state index is 0.0281. The Bertz CT molecular complexity index is 1020. The molecule has 1 aliphatic rings. The number of amides is 1. The van der Waals surface area contributed by atoms with Gasteiger partial charge in [0.2, 0.25) is 0 Å². The number of hydrogen-bond acceptors (Lipinski definition) is 4. The third-order valence-electron chi connectivity index (χ3n) is 5.15. The fourth-order valence-electron chi connectivity index (χ4n) is 3.44. The van der Waals surface area contributed by atoms with Crippen molar-refractivity contribution >= 4 is 33.2 Å². The van der Waals surface area contributed by atoms with Crippen LogP contribution in [-0.4, -0.2) is 51.9 Å². The molecular formula is C22H26ClN3O3S. The Balaban J connectivity index is 1.86. The van der Waals surface area contributed by atoms with Crippen LogP contribution < -0.4 is 9.62 Å². The van der Waals surface area contributed by atoms with Gasteiger partial charge in [-0.15, -0.1) is 6.58 Å². The van der Waals surface area contributed by atoms with Gasteiger partial charge in [-0.1, -0.05) is 35.9 Å². The number of nitrogens with zero attached hydrogens (tertiary/aromatic N) is 2. The van der Waals surface area contributed by atoms with Gasteiger partial charge >= 0.3 is 0 Å². The number of halogens is 1. The topological polar surface area (TPSA) is 69.7 Å². The Morgan fingerprint density at radius 1 is 1.23 bits per heavy atom. The summed E-state index contributed by atoms with van der Waals surface area (Å²) >= 11 is 6.24. The van der Waals surface area contributed by atoms with Crippen molar-refractivity contribution in [2.45, 2.75) is 23.8 Å². The van der Waals surface area contributed by atoms with Crippen LogP contribution in [0.4, 0.5) is 5.69 Å². The van der Waals surface area contributed by atoms with Gasteiger partial charge in [0.1, 0.15) is 0 Å². The Labute approximate surface area is 183 Å². The summed E-state index contributed by atoms with van der Waals surface area (Å²) in [5, 5.41) is 3.34. The first-order chi connectivity index (χ1) is 14.3. The highest BCUT2D eigenvalue weighted by Crippen LogP contribution is 2.30. The van der Waals surface area contributed by atoms with Crippen LogP contribution in [0.5, 0.6) is 0 Å². The molecule has 0 saturated carbocycles. The molecule has 1 fully saturated rings. The van der Waals surface area contributed by atoms with Crippen LogP contribution in [0.2, 0.25) is 5.02 Å². The van der Waals surface area contributed by atoms with Crippen molar-refractivity contribution in [3.05, 3.63) is 71.8 Å². The number of nitrogens with one attached hydrogen (secondary N) is 1. The highest BCUT2D eigenvalue weighted by molar-refractivity contribution is 7.92. The summed E-state index contributed by atoms with van der Waals surface area (Å²) in [4.78, 5) is 15.0. The van der Waals surface area contributed by atoms with E-state index in [0.717, 1.165) is 25.9 Å². The van der Waals surface area contributed by atoms with E-state index in [1.54, 1.807) is 36.4 Å². The molecular weight excluding hydrogens is 422 g/mol. The van der Waals surface area contributed by atoms with E-state index in [0.29, 0.717) is 16.3 Å². The van der Waals surface area contributed by atoms with Gasteiger partial charge in [-0.05, 0) is 63.3 Å². The monoisotopic (exact) mass is 447 g/mol. The van der Waals surface area contributed by atoms with Crippen LogP contribution in [0.25, 0.3) is 0 Å². The summed E-state index contributed by atoms with van der Waals surface area (Å²) in [5.41, 5.74) is 0.674. The molecule has 2 aromatic rings. The van der Waals surface area contributed by atoms with Gasteiger partial charge < -0.3 is 10.2 Å². The number of piperidine rings is 1. The predicted octanol–water partition coefficient (Wildman–Crippen LogP) is 3.55. The first-order valence-electron chi connectivity index (χ1n) is 9.80. The summed E-state index contributed by atoms with van der Waals surface area (Å²) in [5.74, 6) is -0.269. The molecule has 6 nitrogen and oxygen atoms in total. The van der Waals surface area contributed by atoms with Crippen LogP contribution in [-0.2, 0) is 10.0 Å². The van der Waals surface area contributed by atoms with E-state index < -0.39 is 10.0 Å². The van der Waals surface area contributed by atoms with Gasteiger partial charge in [0.15, 0.2) is 0 Å². The Morgan fingerprint density at radius 3 is 2.60 bits per heavy atom. The third-order valence-corrected chi connectivity index (χ3v) is 7.25. The summed E-state index contributed by atoms with van der Waals surface area (Å²) in [6.45, 7) is 5.56. The third kappa shape index (κ3) is 5.03. The second kappa shape index (κ2) is 9.64. The van der Waals surface area contributed by atoms with Crippen LogP contribution in [0.1, 0.15) is 23.2 Å². The maximum absolute atomic E-state index is 13.4. The molecule has 0 bridgehead atoms. The highest BCUT2D eigenvalue weighted by Gasteiger charge is 2.27. The lowest BCUT2D eigenvalue weighted by Gasteiger charge is -2.29. The Morgan fingerprint density at radius 2 is 1.93 bits per heavy atom. The molecule has 2 aromatic carbocycles.